The maximum Gasteiger partial charge on any atom is 0.302 e. The number of epoxide rings is 1. The van der Waals surface area contributed by atoms with E-state index in [9.17, 15) is 4.79 Å². The quantitative estimate of drug-likeness (QED) is 0.480. The lowest BCUT2D eigenvalue weighted by molar-refractivity contribution is -0.143. The molecule has 74 valence electrons. The van der Waals surface area contributed by atoms with E-state index in [0.29, 0.717) is 30.7 Å². The molecule has 0 N–H and O–H groups in total. The van der Waals surface area contributed by atoms with Crippen molar-refractivity contribution in [3.05, 3.63) is 0 Å². The van der Waals surface area contributed by atoms with Gasteiger partial charge in [-0.15, -0.1) is 0 Å². The van der Waals surface area contributed by atoms with Crippen molar-refractivity contribution in [1.82, 2.24) is 0 Å². The van der Waals surface area contributed by atoms with Crippen molar-refractivity contribution in [2.45, 2.75) is 38.9 Å². The highest BCUT2D eigenvalue weighted by Gasteiger charge is 2.46. The molecular formula is C10H16O3. The number of esters is 1. The summed E-state index contributed by atoms with van der Waals surface area (Å²) in [4.78, 5) is 10.6. The van der Waals surface area contributed by atoms with Crippen molar-refractivity contribution in [2.24, 2.45) is 11.8 Å². The number of hydrogen-bond acceptors (Lipinski definition) is 3. The van der Waals surface area contributed by atoms with E-state index in [-0.39, 0.29) is 5.97 Å². The molecule has 0 radical (unpaired) electrons. The molecule has 13 heavy (non-hydrogen) atoms. The molecule has 0 spiro atoms. The number of hydrogen-bond donors (Lipinski definition) is 0. The van der Waals surface area contributed by atoms with Crippen LogP contribution in [0.2, 0.25) is 0 Å². The van der Waals surface area contributed by atoms with Gasteiger partial charge in [-0.1, -0.05) is 6.92 Å². The van der Waals surface area contributed by atoms with Crippen LogP contribution in [-0.2, 0) is 14.3 Å². The Balaban J connectivity index is 1.80. The van der Waals surface area contributed by atoms with Crippen LogP contribution in [-0.4, -0.2) is 24.8 Å². The van der Waals surface area contributed by atoms with Crippen LogP contribution < -0.4 is 0 Å². The lowest BCUT2D eigenvalue weighted by atomic mass is 9.81. The fourth-order valence-electron chi connectivity index (χ4n) is 2.14. The van der Waals surface area contributed by atoms with Crippen LogP contribution >= 0.6 is 0 Å². The van der Waals surface area contributed by atoms with Gasteiger partial charge < -0.3 is 9.47 Å². The number of carbonyl (C=O) groups is 1. The Bertz CT molecular complexity index is 214. The summed E-state index contributed by atoms with van der Waals surface area (Å²) >= 11 is 0. The molecule has 2 rings (SSSR count). The molecule has 1 saturated heterocycles. The molecule has 0 aromatic carbocycles. The molecule has 2 aliphatic rings. The van der Waals surface area contributed by atoms with Crippen LogP contribution in [0.15, 0.2) is 0 Å². The molecule has 1 saturated carbocycles. The third kappa shape index (κ3) is 2.02. The van der Waals surface area contributed by atoms with Crippen molar-refractivity contribution in [3.8, 4) is 0 Å². The summed E-state index contributed by atoms with van der Waals surface area (Å²) in [5.41, 5.74) is 0. The normalized spacial score (nSPS) is 42.3. The maximum absolute atomic E-state index is 10.6. The minimum Gasteiger partial charge on any atom is -0.466 e. The Labute approximate surface area is 78.4 Å². The van der Waals surface area contributed by atoms with Crippen LogP contribution in [0.4, 0.5) is 0 Å². The van der Waals surface area contributed by atoms with Gasteiger partial charge in [-0.05, 0) is 24.7 Å². The number of rotatable bonds is 2. The van der Waals surface area contributed by atoms with Crippen LogP contribution in [0.5, 0.6) is 0 Å². The molecule has 0 aromatic heterocycles. The first kappa shape index (κ1) is 9.00. The van der Waals surface area contributed by atoms with E-state index >= 15 is 0 Å². The third-order valence-corrected chi connectivity index (χ3v) is 3.13. The Morgan fingerprint density at radius 2 is 2.15 bits per heavy atom. The predicted molar refractivity (Wildman–Crippen MR) is 47.2 cm³/mol. The molecule has 0 aromatic rings. The van der Waals surface area contributed by atoms with Gasteiger partial charge in [-0.3, -0.25) is 4.79 Å². The molecule has 4 atom stereocenters. The Morgan fingerprint density at radius 1 is 1.46 bits per heavy atom. The number of ether oxygens (including phenoxy) is 2. The largest absolute Gasteiger partial charge is 0.466 e. The van der Waals surface area contributed by atoms with Crippen LogP contribution in [0.3, 0.4) is 0 Å². The summed E-state index contributed by atoms with van der Waals surface area (Å²) in [6.45, 7) is 4.25. The third-order valence-electron chi connectivity index (χ3n) is 3.13. The van der Waals surface area contributed by atoms with Gasteiger partial charge in [0.05, 0.1) is 18.8 Å². The summed E-state index contributed by atoms with van der Waals surface area (Å²) in [6, 6.07) is 0. The van der Waals surface area contributed by atoms with E-state index in [1.165, 1.54) is 6.92 Å². The van der Waals surface area contributed by atoms with Gasteiger partial charge in [-0.25, -0.2) is 0 Å². The molecular weight excluding hydrogens is 168 g/mol. The average Bonchev–Trinajstić information content (AvgIpc) is 2.77. The van der Waals surface area contributed by atoms with Crippen molar-refractivity contribution >= 4 is 5.97 Å². The molecule has 0 unspecified atom stereocenters. The van der Waals surface area contributed by atoms with Gasteiger partial charge in [0.15, 0.2) is 0 Å². The molecule has 2 fully saturated rings. The summed E-state index contributed by atoms with van der Waals surface area (Å²) in [6.07, 6.45) is 3.19. The first-order chi connectivity index (χ1) is 6.16. The number of fused-ring (bicyclic) bond motifs is 1. The molecule has 3 nitrogen and oxygen atoms in total. The van der Waals surface area contributed by atoms with Gasteiger partial charge in [0, 0.05) is 6.92 Å². The first-order valence-electron chi connectivity index (χ1n) is 4.95. The van der Waals surface area contributed by atoms with Gasteiger partial charge in [0.1, 0.15) is 0 Å². The second kappa shape index (κ2) is 3.29. The maximum atomic E-state index is 10.6. The zero-order chi connectivity index (χ0) is 9.42. The zero-order valence-corrected chi connectivity index (χ0v) is 8.16. The molecule has 1 aliphatic carbocycles. The molecule has 0 bridgehead atoms. The van der Waals surface area contributed by atoms with Crippen LogP contribution in [0, 0.1) is 11.8 Å². The highest BCUT2D eigenvalue weighted by molar-refractivity contribution is 5.65. The van der Waals surface area contributed by atoms with E-state index in [1.54, 1.807) is 0 Å². The monoisotopic (exact) mass is 184 g/mol. The summed E-state index contributed by atoms with van der Waals surface area (Å²) < 4.78 is 10.5. The zero-order valence-electron chi connectivity index (χ0n) is 8.16. The Morgan fingerprint density at radius 3 is 2.85 bits per heavy atom. The molecule has 1 aliphatic heterocycles. The highest BCUT2D eigenvalue weighted by Crippen LogP contribution is 2.42. The SMILES string of the molecule is CC(=O)OC[C@H]1C[C@@H]2O[C@H]2C[C@H]1C. The van der Waals surface area contributed by atoms with Gasteiger partial charge >= 0.3 is 5.97 Å². The van der Waals surface area contributed by atoms with Gasteiger partial charge in [-0.2, -0.15) is 0 Å². The van der Waals surface area contributed by atoms with Crippen LogP contribution in [0.25, 0.3) is 0 Å². The topological polar surface area (TPSA) is 38.8 Å². The van der Waals surface area contributed by atoms with Gasteiger partial charge in [0.2, 0.25) is 0 Å². The van der Waals surface area contributed by atoms with E-state index in [1.807, 2.05) is 0 Å². The van der Waals surface area contributed by atoms with Crippen molar-refractivity contribution < 1.29 is 14.3 Å². The summed E-state index contributed by atoms with van der Waals surface area (Å²) in [5, 5.41) is 0. The van der Waals surface area contributed by atoms with E-state index < -0.39 is 0 Å². The van der Waals surface area contributed by atoms with Crippen LogP contribution in [0.1, 0.15) is 26.7 Å². The van der Waals surface area contributed by atoms with E-state index in [2.05, 4.69) is 6.92 Å². The van der Waals surface area contributed by atoms with E-state index in [0.717, 1.165) is 12.8 Å². The van der Waals surface area contributed by atoms with Crippen molar-refractivity contribution in [2.75, 3.05) is 6.61 Å². The summed E-state index contributed by atoms with van der Waals surface area (Å²) in [5.74, 6) is 0.960. The fraction of sp³-hybridized carbons (Fsp3) is 0.900. The van der Waals surface area contributed by atoms with Crippen molar-refractivity contribution in [3.63, 3.8) is 0 Å². The lowest BCUT2D eigenvalue weighted by Gasteiger charge is -2.25. The summed E-state index contributed by atoms with van der Waals surface area (Å²) in [7, 11) is 0. The van der Waals surface area contributed by atoms with E-state index in [4.69, 9.17) is 9.47 Å². The fourth-order valence-corrected chi connectivity index (χ4v) is 2.14. The predicted octanol–water partition coefficient (Wildman–Crippen LogP) is 1.36. The Hall–Kier alpha value is -0.570. The standard InChI is InChI=1S/C10H16O3/c1-6-3-9-10(13-9)4-8(6)5-12-7(2)11/h6,8-10H,3-5H2,1-2H3/t6-,8-,9+,10+/m1/s1. The number of carbonyl (C=O) groups excluding carboxylic acids is 1. The molecule has 3 heteroatoms. The second-order valence-electron chi connectivity index (χ2n) is 4.22. The second-order valence-corrected chi connectivity index (χ2v) is 4.22. The van der Waals surface area contributed by atoms with Gasteiger partial charge in [0.25, 0.3) is 0 Å². The smallest absolute Gasteiger partial charge is 0.302 e. The minimum atomic E-state index is -0.175. The lowest BCUT2D eigenvalue weighted by Crippen LogP contribution is -2.26. The Kier molecular flexibility index (Phi) is 2.28. The first-order valence-corrected chi connectivity index (χ1v) is 4.95. The average molecular weight is 184 g/mol. The molecule has 1 heterocycles. The van der Waals surface area contributed by atoms with Crippen molar-refractivity contribution in [1.29, 1.82) is 0 Å². The highest BCUT2D eigenvalue weighted by atomic mass is 16.6. The molecule has 0 amide bonds. The minimum absolute atomic E-state index is 0.175.